The summed E-state index contributed by atoms with van der Waals surface area (Å²) in [5.74, 6) is 5.23. The summed E-state index contributed by atoms with van der Waals surface area (Å²) in [6.45, 7) is 1.60. The number of hydrogen-bond donors (Lipinski definition) is 1. The van der Waals surface area contributed by atoms with E-state index >= 15 is 0 Å². The largest absolute Gasteiger partial charge is 0.345 e. The maximum absolute atomic E-state index is 10.6. The molecule has 0 aromatic heterocycles. The van der Waals surface area contributed by atoms with Crippen molar-refractivity contribution >= 4 is 23.2 Å². The van der Waals surface area contributed by atoms with Crippen LogP contribution in [0.2, 0.25) is 5.02 Å². The Morgan fingerprint density at radius 1 is 1.59 bits per heavy atom. The number of halogens is 1. The standard InChI is InChI=1S/C11H9ClN2O3/c1-8(15)13-6-2-3-9-4-5-10(14(16)17)7-11(9)12/h4-5,7H,6H2,1H3,(H,13,15). The minimum atomic E-state index is -0.527. The first kappa shape index (κ1) is 13.0. The van der Waals surface area contributed by atoms with Crippen molar-refractivity contribution in [3.63, 3.8) is 0 Å². The highest BCUT2D eigenvalue weighted by molar-refractivity contribution is 6.32. The van der Waals surface area contributed by atoms with Gasteiger partial charge in [0.05, 0.1) is 16.5 Å². The van der Waals surface area contributed by atoms with Crippen LogP contribution < -0.4 is 5.32 Å². The molecule has 0 saturated carbocycles. The van der Waals surface area contributed by atoms with Gasteiger partial charge in [-0.25, -0.2) is 0 Å². The number of carbonyl (C=O) groups is 1. The third kappa shape index (κ3) is 4.13. The first-order valence-electron chi connectivity index (χ1n) is 4.68. The number of non-ortho nitro benzene ring substituents is 1. The Bertz CT molecular complexity index is 517. The summed E-state index contributed by atoms with van der Waals surface area (Å²) >= 11 is 5.82. The number of hydrogen-bond acceptors (Lipinski definition) is 3. The highest BCUT2D eigenvalue weighted by Crippen LogP contribution is 2.21. The van der Waals surface area contributed by atoms with Crippen molar-refractivity contribution in [3.05, 3.63) is 38.9 Å². The lowest BCUT2D eigenvalue weighted by molar-refractivity contribution is -0.384. The van der Waals surface area contributed by atoms with E-state index in [-0.39, 0.29) is 23.2 Å². The van der Waals surface area contributed by atoms with Crippen LogP contribution in [0.25, 0.3) is 0 Å². The number of rotatable bonds is 2. The van der Waals surface area contributed by atoms with Gasteiger partial charge < -0.3 is 5.32 Å². The summed E-state index contributed by atoms with van der Waals surface area (Å²) < 4.78 is 0. The molecule has 0 saturated heterocycles. The van der Waals surface area contributed by atoms with Crippen LogP contribution in [0.15, 0.2) is 18.2 Å². The van der Waals surface area contributed by atoms with Crippen LogP contribution in [0.4, 0.5) is 5.69 Å². The Balaban J connectivity index is 2.79. The molecule has 17 heavy (non-hydrogen) atoms. The van der Waals surface area contributed by atoms with E-state index in [1.54, 1.807) is 0 Å². The molecule has 1 aromatic rings. The Hall–Kier alpha value is -2.06. The summed E-state index contributed by atoms with van der Waals surface area (Å²) in [5, 5.41) is 13.2. The lowest BCUT2D eigenvalue weighted by Crippen LogP contribution is -2.19. The van der Waals surface area contributed by atoms with Gasteiger partial charge in [0.2, 0.25) is 5.91 Å². The quantitative estimate of drug-likeness (QED) is 0.495. The van der Waals surface area contributed by atoms with E-state index in [0.29, 0.717) is 5.56 Å². The Morgan fingerprint density at radius 3 is 2.82 bits per heavy atom. The molecule has 0 aliphatic rings. The summed E-state index contributed by atoms with van der Waals surface area (Å²) in [6, 6.07) is 4.04. The molecule has 0 spiro atoms. The van der Waals surface area contributed by atoms with Crippen molar-refractivity contribution in [2.45, 2.75) is 6.92 Å². The molecule has 6 heteroatoms. The zero-order valence-electron chi connectivity index (χ0n) is 8.99. The van der Waals surface area contributed by atoms with Gasteiger partial charge in [-0.2, -0.15) is 0 Å². The summed E-state index contributed by atoms with van der Waals surface area (Å²) in [5.41, 5.74) is 0.407. The van der Waals surface area contributed by atoms with Crippen molar-refractivity contribution < 1.29 is 9.72 Å². The van der Waals surface area contributed by atoms with E-state index in [1.807, 2.05) is 0 Å². The van der Waals surface area contributed by atoms with Gasteiger partial charge in [0.15, 0.2) is 0 Å². The SMILES string of the molecule is CC(=O)NCC#Cc1ccc([N+](=O)[O-])cc1Cl. The fourth-order valence-electron chi connectivity index (χ4n) is 1.03. The maximum atomic E-state index is 10.6. The molecule has 0 aliphatic carbocycles. The van der Waals surface area contributed by atoms with Crippen LogP contribution in [0.5, 0.6) is 0 Å². The number of nitrogens with zero attached hydrogens (tertiary/aromatic N) is 1. The fraction of sp³-hybridized carbons (Fsp3) is 0.182. The second-order valence-electron chi connectivity index (χ2n) is 3.13. The number of nitro groups is 1. The number of benzene rings is 1. The second kappa shape index (κ2) is 5.87. The van der Waals surface area contributed by atoms with Gasteiger partial charge in [-0.3, -0.25) is 14.9 Å². The van der Waals surface area contributed by atoms with Gasteiger partial charge >= 0.3 is 0 Å². The number of carbonyl (C=O) groups excluding carboxylic acids is 1. The third-order valence-electron chi connectivity index (χ3n) is 1.81. The molecular weight excluding hydrogens is 244 g/mol. The van der Waals surface area contributed by atoms with Crippen molar-refractivity contribution in [3.8, 4) is 11.8 Å². The molecule has 0 bridgehead atoms. The van der Waals surface area contributed by atoms with E-state index in [2.05, 4.69) is 17.2 Å². The van der Waals surface area contributed by atoms with E-state index < -0.39 is 4.92 Å². The number of nitro benzene ring substituents is 1. The van der Waals surface area contributed by atoms with Crippen molar-refractivity contribution in [1.82, 2.24) is 5.32 Å². The average Bonchev–Trinajstić information content (AvgIpc) is 2.25. The molecular formula is C11H9ClN2O3. The van der Waals surface area contributed by atoms with Crippen LogP contribution in [0, 0.1) is 22.0 Å². The normalized spacial score (nSPS) is 9.06. The predicted molar refractivity (Wildman–Crippen MR) is 63.7 cm³/mol. The highest BCUT2D eigenvalue weighted by atomic mass is 35.5. The van der Waals surface area contributed by atoms with Crippen LogP contribution in [0.1, 0.15) is 12.5 Å². The van der Waals surface area contributed by atoms with Crippen molar-refractivity contribution in [2.24, 2.45) is 0 Å². The molecule has 0 unspecified atom stereocenters. The lowest BCUT2D eigenvalue weighted by atomic mass is 10.2. The van der Waals surface area contributed by atoms with Crippen molar-refractivity contribution in [2.75, 3.05) is 6.54 Å². The van der Waals surface area contributed by atoms with Gasteiger partial charge in [-0.15, -0.1) is 0 Å². The molecule has 1 aromatic carbocycles. The smallest absolute Gasteiger partial charge is 0.271 e. The van der Waals surface area contributed by atoms with Gasteiger partial charge in [0.25, 0.3) is 5.69 Å². The van der Waals surface area contributed by atoms with Gasteiger partial charge in [0.1, 0.15) is 0 Å². The molecule has 88 valence electrons. The summed E-state index contributed by atoms with van der Waals surface area (Å²) in [4.78, 5) is 20.5. The van der Waals surface area contributed by atoms with Crippen LogP contribution in [-0.2, 0) is 4.79 Å². The van der Waals surface area contributed by atoms with E-state index in [0.717, 1.165) is 0 Å². The zero-order valence-corrected chi connectivity index (χ0v) is 9.75. The van der Waals surface area contributed by atoms with Crippen LogP contribution >= 0.6 is 11.6 Å². The lowest BCUT2D eigenvalue weighted by Gasteiger charge is -1.96. The first-order chi connectivity index (χ1) is 8.00. The van der Waals surface area contributed by atoms with Crippen LogP contribution in [-0.4, -0.2) is 17.4 Å². The van der Waals surface area contributed by atoms with Gasteiger partial charge in [0, 0.05) is 24.6 Å². The van der Waals surface area contributed by atoms with E-state index in [9.17, 15) is 14.9 Å². The number of amides is 1. The molecule has 0 aliphatic heterocycles. The topological polar surface area (TPSA) is 72.2 Å². The minimum absolute atomic E-state index is 0.0811. The second-order valence-corrected chi connectivity index (χ2v) is 3.54. The monoisotopic (exact) mass is 252 g/mol. The molecule has 1 rings (SSSR count). The first-order valence-corrected chi connectivity index (χ1v) is 5.05. The van der Waals surface area contributed by atoms with Gasteiger partial charge in [-0.1, -0.05) is 23.4 Å². The summed E-state index contributed by atoms with van der Waals surface area (Å²) in [7, 11) is 0. The van der Waals surface area contributed by atoms with Gasteiger partial charge in [-0.05, 0) is 6.07 Å². The van der Waals surface area contributed by atoms with E-state index in [1.165, 1.54) is 25.1 Å². The minimum Gasteiger partial charge on any atom is -0.345 e. The fourth-order valence-corrected chi connectivity index (χ4v) is 1.25. The predicted octanol–water partition coefficient (Wildman–Crippen LogP) is 1.74. The molecule has 1 N–H and O–H groups in total. The molecule has 5 nitrogen and oxygen atoms in total. The molecule has 0 fully saturated rings. The maximum Gasteiger partial charge on any atom is 0.271 e. The van der Waals surface area contributed by atoms with Crippen LogP contribution in [0.3, 0.4) is 0 Å². The molecule has 0 radical (unpaired) electrons. The third-order valence-corrected chi connectivity index (χ3v) is 2.12. The van der Waals surface area contributed by atoms with E-state index in [4.69, 9.17) is 11.6 Å². The Kier molecular flexibility index (Phi) is 4.49. The average molecular weight is 253 g/mol. The van der Waals surface area contributed by atoms with Crippen molar-refractivity contribution in [1.29, 1.82) is 0 Å². The summed E-state index contributed by atoms with van der Waals surface area (Å²) in [6.07, 6.45) is 0. The Morgan fingerprint density at radius 2 is 2.29 bits per heavy atom. The zero-order chi connectivity index (χ0) is 12.8. The number of nitrogens with one attached hydrogen (secondary N) is 1. The molecule has 0 heterocycles. The highest BCUT2D eigenvalue weighted by Gasteiger charge is 2.07. The Labute approximate surface area is 103 Å². The molecule has 0 atom stereocenters. The molecule has 1 amide bonds.